The summed E-state index contributed by atoms with van der Waals surface area (Å²) >= 11 is 0. The highest BCUT2D eigenvalue weighted by atomic mass is 16.6. The summed E-state index contributed by atoms with van der Waals surface area (Å²) in [5.41, 5.74) is 1.60. The zero-order valence-electron chi connectivity index (χ0n) is 9.65. The zero-order valence-corrected chi connectivity index (χ0v) is 9.65. The number of hydrogen-bond donors (Lipinski definition) is 0. The molecule has 0 atom stereocenters. The summed E-state index contributed by atoms with van der Waals surface area (Å²) in [7, 11) is 0. The molecule has 0 N–H and O–H groups in total. The molecule has 3 heteroatoms. The van der Waals surface area contributed by atoms with Crippen LogP contribution in [0.4, 0.5) is 0 Å². The summed E-state index contributed by atoms with van der Waals surface area (Å²) in [6, 6.07) is 18.5. The van der Waals surface area contributed by atoms with Gasteiger partial charge < -0.3 is 4.74 Å². The predicted octanol–water partition coefficient (Wildman–Crippen LogP) is 2.52. The van der Waals surface area contributed by atoms with E-state index in [0.717, 1.165) is 11.1 Å². The highest BCUT2D eigenvalue weighted by Gasteiger charge is 2.23. The third-order valence-electron chi connectivity index (χ3n) is 2.67. The van der Waals surface area contributed by atoms with Gasteiger partial charge in [0, 0.05) is 0 Å². The topological polar surface area (TPSA) is 43.4 Å². The van der Waals surface area contributed by atoms with E-state index in [1.54, 1.807) is 0 Å². The van der Waals surface area contributed by atoms with Gasteiger partial charge in [-0.1, -0.05) is 60.7 Å². The molecule has 0 aromatic heterocycles. The molecule has 0 radical (unpaired) electrons. The molecule has 90 valence electrons. The quantitative estimate of drug-likeness (QED) is 0.468. The van der Waals surface area contributed by atoms with Crippen molar-refractivity contribution in [1.29, 1.82) is 0 Å². The van der Waals surface area contributed by atoms with Crippen LogP contribution in [-0.4, -0.2) is 12.4 Å². The van der Waals surface area contributed by atoms with Crippen LogP contribution < -0.4 is 0 Å². The maximum absolute atomic E-state index is 11.9. The maximum atomic E-state index is 11.9. The van der Waals surface area contributed by atoms with E-state index in [-0.39, 0.29) is 6.47 Å². The number of ether oxygens (including phenoxy) is 1. The van der Waals surface area contributed by atoms with Crippen LogP contribution in [0, 0.1) is 0 Å². The van der Waals surface area contributed by atoms with Gasteiger partial charge in [-0.2, -0.15) is 0 Å². The molecule has 0 fully saturated rings. The molecule has 2 rings (SSSR count). The molecule has 2 aromatic rings. The first-order chi connectivity index (χ1) is 8.83. The van der Waals surface area contributed by atoms with Crippen molar-refractivity contribution < 1.29 is 14.3 Å². The Hall–Kier alpha value is -2.42. The summed E-state index contributed by atoms with van der Waals surface area (Å²) in [6.07, 6.45) is 0. The van der Waals surface area contributed by atoms with Crippen molar-refractivity contribution in [2.45, 2.75) is 5.92 Å². The minimum absolute atomic E-state index is 0.168. The number of hydrogen-bond acceptors (Lipinski definition) is 3. The highest BCUT2D eigenvalue weighted by Crippen LogP contribution is 2.25. The minimum Gasteiger partial charge on any atom is -0.395 e. The SMILES string of the molecule is O=COC(=O)C(c1ccccc1)c1ccccc1. The third-order valence-corrected chi connectivity index (χ3v) is 2.67. The summed E-state index contributed by atoms with van der Waals surface area (Å²) in [5.74, 6) is -1.14. The van der Waals surface area contributed by atoms with Crippen LogP contribution in [0.5, 0.6) is 0 Å². The average Bonchev–Trinajstić information content (AvgIpc) is 2.42. The summed E-state index contributed by atoms with van der Waals surface area (Å²) in [5, 5.41) is 0. The second-order valence-electron chi connectivity index (χ2n) is 3.79. The van der Waals surface area contributed by atoms with Crippen LogP contribution in [0.15, 0.2) is 60.7 Å². The molecule has 3 nitrogen and oxygen atoms in total. The Morgan fingerprint density at radius 3 is 1.72 bits per heavy atom. The van der Waals surface area contributed by atoms with Crippen molar-refractivity contribution in [2.75, 3.05) is 0 Å². The van der Waals surface area contributed by atoms with E-state index in [1.165, 1.54) is 0 Å². The molecule has 0 saturated carbocycles. The van der Waals surface area contributed by atoms with Gasteiger partial charge in [0.25, 0.3) is 0 Å². The van der Waals surface area contributed by atoms with E-state index in [0.29, 0.717) is 0 Å². The average molecular weight is 240 g/mol. The first-order valence-corrected chi connectivity index (χ1v) is 5.57. The Bertz CT molecular complexity index is 480. The molecule has 0 spiro atoms. The molecule has 0 unspecified atom stereocenters. The van der Waals surface area contributed by atoms with E-state index >= 15 is 0 Å². The molecule has 0 bridgehead atoms. The van der Waals surface area contributed by atoms with Gasteiger partial charge in [-0.25, -0.2) is 0 Å². The van der Waals surface area contributed by atoms with Crippen LogP contribution in [0.3, 0.4) is 0 Å². The van der Waals surface area contributed by atoms with E-state index in [1.807, 2.05) is 60.7 Å². The van der Waals surface area contributed by atoms with E-state index in [9.17, 15) is 9.59 Å². The first-order valence-electron chi connectivity index (χ1n) is 5.57. The van der Waals surface area contributed by atoms with Crippen molar-refractivity contribution in [3.05, 3.63) is 71.8 Å². The number of esters is 1. The van der Waals surface area contributed by atoms with Crippen LogP contribution in [-0.2, 0) is 14.3 Å². The van der Waals surface area contributed by atoms with Gasteiger partial charge in [0.1, 0.15) is 5.92 Å². The molecule has 0 aliphatic rings. The Morgan fingerprint density at radius 2 is 1.33 bits per heavy atom. The Balaban J connectivity index is 2.41. The highest BCUT2D eigenvalue weighted by molar-refractivity contribution is 5.86. The fourth-order valence-corrected chi connectivity index (χ4v) is 1.87. The lowest BCUT2D eigenvalue weighted by Gasteiger charge is -2.14. The molecule has 0 heterocycles. The van der Waals surface area contributed by atoms with Crippen molar-refractivity contribution in [3.8, 4) is 0 Å². The van der Waals surface area contributed by atoms with Gasteiger partial charge in [-0.15, -0.1) is 0 Å². The van der Waals surface area contributed by atoms with Gasteiger partial charge >= 0.3 is 12.4 Å². The molecular weight excluding hydrogens is 228 g/mol. The molecular formula is C15H12O3. The summed E-state index contributed by atoms with van der Waals surface area (Å²) in [4.78, 5) is 22.2. The van der Waals surface area contributed by atoms with Crippen molar-refractivity contribution in [3.63, 3.8) is 0 Å². The maximum Gasteiger partial charge on any atom is 0.325 e. The van der Waals surface area contributed by atoms with E-state index in [4.69, 9.17) is 0 Å². The fourth-order valence-electron chi connectivity index (χ4n) is 1.87. The Morgan fingerprint density at radius 1 is 0.889 bits per heavy atom. The molecule has 0 saturated heterocycles. The Labute approximate surface area is 105 Å². The molecule has 0 aliphatic carbocycles. The van der Waals surface area contributed by atoms with Crippen molar-refractivity contribution in [2.24, 2.45) is 0 Å². The van der Waals surface area contributed by atoms with Gasteiger partial charge in [0.2, 0.25) is 0 Å². The number of carbonyl (C=O) groups excluding carboxylic acids is 2. The van der Waals surface area contributed by atoms with Crippen molar-refractivity contribution in [1.82, 2.24) is 0 Å². The van der Waals surface area contributed by atoms with Gasteiger partial charge in [0.15, 0.2) is 0 Å². The largest absolute Gasteiger partial charge is 0.395 e. The normalized spacial score (nSPS) is 10.1. The summed E-state index contributed by atoms with van der Waals surface area (Å²) < 4.78 is 4.49. The van der Waals surface area contributed by atoms with Crippen LogP contribution in [0.1, 0.15) is 17.0 Å². The first kappa shape index (κ1) is 12.0. The van der Waals surface area contributed by atoms with Gasteiger partial charge in [-0.05, 0) is 11.1 Å². The lowest BCUT2D eigenvalue weighted by Crippen LogP contribution is -2.16. The molecule has 0 amide bonds. The fraction of sp³-hybridized carbons (Fsp3) is 0.0667. The smallest absolute Gasteiger partial charge is 0.325 e. The van der Waals surface area contributed by atoms with E-state index < -0.39 is 11.9 Å². The standard InChI is InChI=1S/C15H12O3/c16-11-18-15(17)14(12-7-3-1-4-8-12)13-9-5-2-6-10-13/h1-11,14H. The monoisotopic (exact) mass is 240 g/mol. The number of carbonyl (C=O) groups is 2. The number of rotatable bonds is 4. The van der Waals surface area contributed by atoms with Crippen molar-refractivity contribution >= 4 is 12.4 Å². The zero-order chi connectivity index (χ0) is 12.8. The third kappa shape index (κ3) is 2.63. The van der Waals surface area contributed by atoms with Crippen LogP contribution in [0.25, 0.3) is 0 Å². The van der Waals surface area contributed by atoms with Gasteiger partial charge in [0.05, 0.1) is 0 Å². The summed E-state index contributed by atoms with van der Waals surface area (Å²) in [6.45, 7) is 0.168. The second-order valence-corrected chi connectivity index (χ2v) is 3.79. The Kier molecular flexibility index (Phi) is 3.86. The predicted molar refractivity (Wildman–Crippen MR) is 66.9 cm³/mol. The minimum atomic E-state index is -0.572. The molecule has 2 aromatic carbocycles. The second kappa shape index (κ2) is 5.77. The molecule has 0 aliphatic heterocycles. The lowest BCUT2D eigenvalue weighted by molar-refractivity contribution is -0.151. The van der Waals surface area contributed by atoms with Gasteiger partial charge in [-0.3, -0.25) is 9.59 Å². The van der Waals surface area contributed by atoms with Crippen LogP contribution >= 0.6 is 0 Å². The lowest BCUT2D eigenvalue weighted by atomic mass is 9.91. The van der Waals surface area contributed by atoms with Crippen LogP contribution in [0.2, 0.25) is 0 Å². The van der Waals surface area contributed by atoms with E-state index in [2.05, 4.69) is 4.74 Å². The molecule has 18 heavy (non-hydrogen) atoms. The number of benzene rings is 2.